The van der Waals surface area contributed by atoms with Crippen LogP contribution >= 0.6 is 15.9 Å². The topological polar surface area (TPSA) is 73.0 Å². The molecule has 1 heterocycles. The number of aryl methyl sites for hydroxylation is 1. The zero-order valence-corrected chi connectivity index (χ0v) is 11.5. The SMILES string of the molecule is Cn1nccc1CNc1cc(Br)c(F)cc1[N+](=O)[O-]. The number of nitro benzene ring substituents is 1. The van der Waals surface area contributed by atoms with E-state index in [1.807, 2.05) is 0 Å². The highest BCUT2D eigenvalue weighted by atomic mass is 79.9. The van der Waals surface area contributed by atoms with E-state index in [4.69, 9.17) is 0 Å². The standard InChI is InChI=1S/C11H10BrFN4O2/c1-16-7(2-3-15-16)6-14-10-4-8(12)9(13)5-11(10)17(18)19/h2-5,14H,6H2,1H3. The van der Waals surface area contributed by atoms with Crippen LogP contribution < -0.4 is 5.32 Å². The Morgan fingerprint density at radius 2 is 2.32 bits per heavy atom. The molecule has 2 aromatic rings. The largest absolute Gasteiger partial charge is 0.374 e. The van der Waals surface area contributed by atoms with E-state index in [2.05, 4.69) is 26.3 Å². The second-order valence-electron chi connectivity index (χ2n) is 3.84. The van der Waals surface area contributed by atoms with Gasteiger partial charge in [0.15, 0.2) is 0 Å². The van der Waals surface area contributed by atoms with Gasteiger partial charge in [-0.2, -0.15) is 5.10 Å². The van der Waals surface area contributed by atoms with Crippen molar-refractivity contribution in [1.29, 1.82) is 0 Å². The molecular formula is C11H10BrFN4O2. The number of benzene rings is 1. The third kappa shape index (κ3) is 2.90. The summed E-state index contributed by atoms with van der Waals surface area (Å²) in [4.78, 5) is 10.3. The highest BCUT2D eigenvalue weighted by Crippen LogP contribution is 2.30. The van der Waals surface area contributed by atoms with E-state index >= 15 is 0 Å². The molecule has 0 saturated carbocycles. The van der Waals surface area contributed by atoms with Gasteiger partial charge in [-0.3, -0.25) is 14.8 Å². The maximum absolute atomic E-state index is 13.3. The molecule has 0 unspecified atom stereocenters. The molecule has 0 atom stereocenters. The van der Waals surface area contributed by atoms with Crippen LogP contribution in [-0.4, -0.2) is 14.7 Å². The fraction of sp³-hybridized carbons (Fsp3) is 0.182. The van der Waals surface area contributed by atoms with Crippen LogP contribution in [0, 0.1) is 15.9 Å². The summed E-state index contributed by atoms with van der Waals surface area (Å²) < 4.78 is 15.1. The molecule has 2 rings (SSSR count). The molecule has 0 aliphatic carbocycles. The molecule has 0 amide bonds. The maximum atomic E-state index is 13.3. The Morgan fingerprint density at radius 3 is 2.89 bits per heavy atom. The number of hydrogen-bond acceptors (Lipinski definition) is 4. The molecule has 6 nitrogen and oxygen atoms in total. The molecule has 19 heavy (non-hydrogen) atoms. The van der Waals surface area contributed by atoms with Gasteiger partial charge in [0.2, 0.25) is 0 Å². The van der Waals surface area contributed by atoms with Gasteiger partial charge in [0.1, 0.15) is 11.5 Å². The monoisotopic (exact) mass is 328 g/mol. The molecule has 0 spiro atoms. The van der Waals surface area contributed by atoms with Gasteiger partial charge in [-0.1, -0.05) is 0 Å². The van der Waals surface area contributed by atoms with Crippen molar-refractivity contribution in [3.05, 3.63) is 50.5 Å². The summed E-state index contributed by atoms with van der Waals surface area (Å²) in [5, 5.41) is 17.8. The molecule has 1 aromatic carbocycles. The zero-order chi connectivity index (χ0) is 14.0. The number of aromatic nitrogens is 2. The van der Waals surface area contributed by atoms with E-state index < -0.39 is 10.7 Å². The summed E-state index contributed by atoms with van der Waals surface area (Å²) in [6, 6.07) is 4.02. The third-order valence-electron chi connectivity index (χ3n) is 2.62. The van der Waals surface area contributed by atoms with Gasteiger partial charge in [0.05, 0.1) is 27.7 Å². The first-order valence-corrected chi connectivity index (χ1v) is 6.12. The summed E-state index contributed by atoms with van der Waals surface area (Å²) in [5.41, 5.74) is 0.803. The van der Waals surface area contributed by atoms with E-state index in [-0.39, 0.29) is 15.8 Å². The minimum Gasteiger partial charge on any atom is -0.374 e. The van der Waals surface area contributed by atoms with Crippen LogP contribution in [0.15, 0.2) is 28.9 Å². The maximum Gasteiger partial charge on any atom is 0.295 e. The van der Waals surface area contributed by atoms with Crippen molar-refractivity contribution in [2.45, 2.75) is 6.54 Å². The van der Waals surface area contributed by atoms with Crippen molar-refractivity contribution in [2.75, 3.05) is 5.32 Å². The number of hydrogen-bond donors (Lipinski definition) is 1. The normalized spacial score (nSPS) is 10.5. The van der Waals surface area contributed by atoms with Crippen molar-refractivity contribution < 1.29 is 9.31 Å². The molecule has 0 bridgehead atoms. The first-order valence-electron chi connectivity index (χ1n) is 5.33. The highest BCUT2D eigenvalue weighted by Gasteiger charge is 2.17. The van der Waals surface area contributed by atoms with Gasteiger partial charge >= 0.3 is 0 Å². The number of nitro groups is 1. The van der Waals surface area contributed by atoms with Crippen LogP contribution in [0.25, 0.3) is 0 Å². The summed E-state index contributed by atoms with van der Waals surface area (Å²) in [6.07, 6.45) is 1.63. The van der Waals surface area contributed by atoms with Crippen LogP contribution in [0.4, 0.5) is 15.8 Å². The van der Waals surface area contributed by atoms with E-state index in [0.717, 1.165) is 11.8 Å². The Hall–Kier alpha value is -1.96. The molecule has 100 valence electrons. The minimum absolute atomic E-state index is 0.172. The first-order chi connectivity index (χ1) is 8.99. The second kappa shape index (κ2) is 5.35. The van der Waals surface area contributed by atoms with Gasteiger partial charge < -0.3 is 5.32 Å². The predicted molar refractivity (Wildman–Crippen MR) is 71.3 cm³/mol. The fourth-order valence-electron chi connectivity index (χ4n) is 1.59. The van der Waals surface area contributed by atoms with Crippen molar-refractivity contribution in [1.82, 2.24) is 9.78 Å². The Morgan fingerprint density at radius 1 is 1.58 bits per heavy atom. The molecular weight excluding hydrogens is 319 g/mol. The Labute approximate surface area is 116 Å². The number of nitrogens with zero attached hydrogens (tertiary/aromatic N) is 3. The zero-order valence-electron chi connectivity index (χ0n) is 9.93. The average Bonchev–Trinajstić information content (AvgIpc) is 2.75. The Kier molecular flexibility index (Phi) is 3.79. The van der Waals surface area contributed by atoms with E-state index in [1.54, 1.807) is 24.0 Å². The van der Waals surface area contributed by atoms with Crippen LogP contribution in [-0.2, 0) is 13.6 Å². The van der Waals surface area contributed by atoms with Crippen molar-refractivity contribution >= 4 is 27.3 Å². The highest BCUT2D eigenvalue weighted by molar-refractivity contribution is 9.10. The van der Waals surface area contributed by atoms with Gasteiger partial charge in [-0.05, 0) is 28.1 Å². The van der Waals surface area contributed by atoms with E-state index in [9.17, 15) is 14.5 Å². The molecule has 1 N–H and O–H groups in total. The smallest absolute Gasteiger partial charge is 0.295 e. The average molecular weight is 329 g/mol. The number of rotatable bonds is 4. The lowest BCUT2D eigenvalue weighted by Crippen LogP contribution is -2.07. The number of halogens is 2. The lowest BCUT2D eigenvalue weighted by Gasteiger charge is -2.08. The number of anilines is 1. The molecule has 0 aliphatic heterocycles. The van der Waals surface area contributed by atoms with Crippen LogP contribution in [0.5, 0.6) is 0 Å². The molecule has 8 heteroatoms. The van der Waals surface area contributed by atoms with Gasteiger partial charge in [0.25, 0.3) is 5.69 Å². The lowest BCUT2D eigenvalue weighted by atomic mass is 10.2. The minimum atomic E-state index is -0.669. The fourth-order valence-corrected chi connectivity index (χ4v) is 1.93. The van der Waals surface area contributed by atoms with Crippen LogP contribution in [0.1, 0.15) is 5.69 Å². The molecule has 0 saturated heterocycles. The number of nitrogens with one attached hydrogen (secondary N) is 1. The Balaban J connectivity index is 2.26. The van der Waals surface area contributed by atoms with Gasteiger partial charge in [-0.25, -0.2) is 4.39 Å². The van der Waals surface area contributed by atoms with Gasteiger partial charge in [-0.15, -0.1) is 0 Å². The molecule has 1 aromatic heterocycles. The molecule has 0 radical (unpaired) electrons. The molecule has 0 fully saturated rings. The van der Waals surface area contributed by atoms with E-state index in [1.165, 1.54) is 6.07 Å². The summed E-state index contributed by atoms with van der Waals surface area (Å²) in [5.74, 6) is -0.669. The molecule has 0 aliphatic rings. The predicted octanol–water partition coefficient (Wildman–Crippen LogP) is 2.84. The van der Waals surface area contributed by atoms with Crippen LogP contribution in [0.2, 0.25) is 0 Å². The summed E-state index contributed by atoms with van der Waals surface area (Å²) in [7, 11) is 1.77. The first kappa shape index (κ1) is 13.5. The van der Waals surface area contributed by atoms with Gasteiger partial charge in [0, 0.05) is 13.2 Å². The third-order valence-corrected chi connectivity index (χ3v) is 3.23. The van der Waals surface area contributed by atoms with E-state index in [0.29, 0.717) is 6.54 Å². The van der Waals surface area contributed by atoms with Crippen molar-refractivity contribution in [3.63, 3.8) is 0 Å². The van der Waals surface area contributed by atoms with Crippen molar-refractivity contribution in [2.24, 2.45) is 7.05 Å². The van der Waals surface area contributed by atoms with Crippen LogP contribution in [0.3, 0.4) is 0 Å². The summed E-state index contributed by atoms with van der Waals surface area (Å²) >= 11 is 3.01. The quantitative estimate of drug-likeness (QED) is 0.691. The lowest BCUT2D eigenvalue weighted by molar-refractivity contribution is -0.384. The summed E-state index contributed by atoms with van der Waals surface area (Å²) in [6.45, 7) is 0.357. The van der Waals surface area contributed by atoms with Crippen molar-refractivity contribution in [3.8, 4) is 0 Å². The Bertz CT molecular complexity index is 629. The second-order valence-corrected chi connectivity index (χ2v) is 4.69.